The lowest BCUT2D eigenvalue weighted by Crippen LogP contribution is -2.47. The summed E-state index contributed by atoms with van der Waals surface area (Å²) in [6.45, 7) is 7.92. The summed E-state index contributed by atoms with van der Waals surface area (Å²) in [7, 11) is 0. The fourth-order valence-electron chi connectivity index (χ4n) is 5.79. The van der Waals surface area contributed by atoms with Crippen molar-refractivity contribution in [1.82, 2.24) is 0 Å². The fraction of sp³-hybridized carbons (Fsp3) is 0.952. The lowest BCUT2D eigenvalue weighted by Gasteiger charge is -2.52. The van der Waals surface area contributed by atoms with Gasteiger partial charge in [-0.15, -0.1) is 0 Å². The molecule has 3 rings (SSSR count). The first-order valence-electron chi connectivity index (χ1n) is 10.3. The molecule has 3 saturated carbocycles. The molecule has 0 heterocycles. The van der Waals surface area contributed by atoms with Crippen LogP contribution in [0.4, 0.5) is 0 Å². The van der Waals surface area contributed by atoms with Gasteiger partial charge in [0, 0.05) is 26.4 Å². The minimum absolute atomic E-state index is 0.456. The second-order valence-electron chi connectivity index (χ2n) is 8.02. The monoisotopic (exact) mass is 321 g/mol. The molecular weight excluding hydrogens is 284 g/mol. The number of rotatable bonds is 9. The zero-order valence-electron chi connectivity index (χ0n) is 15.4. The average Bonchev–Trinajstić information content (AvgIpc) is 3.29. The van der Waals surface area contributed by atoms with Gasteiger partial charge in [0.2, 0.25) is 0 Å². The van der Waals surface area contributed by atoms with Crippen LogP contribution in [0, 0.1) is 29.1 Å². The highest BCUT2D eigenvalue weighted by Gasteiger charge is 2.57. The Bertz CT molecular complexity index is 346. The van der Waals surface area contributed by atoms with E-state index in [4.69, 9.17) is 9.47 Å². The van der Waals surface area contributed by atoms with Crippen molar-refractivity contribution in [1.29, 1.82) is 0 Å². The van der Waals surface area contributed by atoms with Gasteiger partial charge in [0.25, 0.3) is 0 Å². The Hall–Kier alpha value is -0.0800. The van der Waals surface area contributed by atoms with Crippen molar-refractivity contribution in [3.05, 3.63) is 5.92 Å². The van der Waals surface area contributed by atoms with Crippen LogP contribution in [-0.4, -0.2) is 26.4 Å². The van der Waals surface area contributed by atoms with Crippen molar-refractivity contribution in [2.24, 2.45) is 23.2 Å². The summed E-state index contributed by atoms with van der Waals surface area (Å²) in [4.78, 5) is 0. The molecule has 2 nitrogen and oxygen atoms in total. The topological polar surface area (TPSA) is 18.5 Å². The van der Waals surface area contributed by atoms with Crippen molar-refractivity contribution in [3.63, 3.8) is 0 Å². The molecule has 0 N–H and O–H groups in total. The third-order valence-electron chi connectivity index (χ3n) is 6.87. The van der Waals surface area contributed by atoms with Crippen LogP contribution in [0.2, 0.25) is 0 Å². The first-order valence-corrected chi connectivity index (χ1v) is 10.3. The number of hydrogen-bond acceptors (Lipinski definition) is 2. The molecule has 0 aromatic rings. The smallest absolute Gasteiger partial charge is 0.0499 e. The SMILES string of the molecule is CCOCCC1(C2CC2)[C](C2CCCC2)CCCC1COCC. The lowest BCUT2D eigenvalue weighted by atomic mass is 9.53. The van der Waals surface area contributed by atoms with Crippen LogP contribution in [0.15, 0.2) is 0 Å². The molecule has 0 aromatic carbocycles. The van der Waals surface area contributed by atoms with E-state index >= 15 is 0 Å². The van der Waals surface area contributed by atoms with E-state index in [1.807, 2.05) is 5.92 Å². The van der Waals surface area contributed by atoms with Gasteiger partial charge < -0.3 is 9.47 Å². The Kier molecular flexibility index (Phi) is 6.43. The standard InChI is InChI=1S/C21H37O2/c1-3-22-15-14-21(18-12-13-18)19(16-23-4-2)10-7-11-20(21)17-8-5-6-9-17/h17-19H,3-16H2,1-2H3. The second-order valence-corrected chi connectivity index (χ2v) is 8.02. The van der Waals surface area contributed by atoms with E-state index in [9.17, 15) is 0 Å². The molecule has 3 aliphatic carbocycles. The third kappa shape index (κ3) is 3.79. The summed E-state index contributed by atoms with van der Waals surface area (Å²) in [5, 5.41) is 0. The Balaban J connectivity index is 1.81. The maximum atomic E-state index is 5.97. The van der Waals surface area contributed by atoms with Crippen molar-refractivity contribution >= 4 is 0 Å². The molecule has 0 amide bonds. The molecule has 3 fully saturated rings. The van der Waals surface area contributed by atoms with E-state index in [2.05, 4.69) is 13.8 Å². The summed E-state index contributed by atoms with van der Waals surface area (Å²) >= 11 is 0. The molecule has 3 aliphatic rings. The van der Waals surface area contributed by atoms with Gasteiger partial charge >= 0.3 is 0 Å². The lowest BCUT2D eigenvalue weighted by molar-refractivity contribution is -0.0224. The molecule has 0 bridgehead atoms. The van der Waals surface area contributed by atoms with Gasteiger partial charge in [0.1, 0.15) is 0 Å². The Morgan fingerprint density at radius 1 is 0.913 bits per heavy atom. The maximum Gasteiger partial charge on any atom is 0.0499 e. The van der Waals surface area contributed by atoms with Crippen molar-refractivity contribution in [2.75, 3.05) is 26.4 Å². The third-order valence-corrected chi connectivity index (χ3v) is 6.87. The van der Waals surface area contributed by atoms with E-state index in [1.54, 1.807) is 0 Å². The molecule has 23 heavy (non-hydrogen) atoms. The first kappa shape index (κ1) is 17.7. The summed E-state index contributed by atoms with van der Waals surface area (Å²) in [6, 6.07) is 0. The van der Waals surface area contributed by atoms with Gasteiger partial charge in [-0.1, -0.05) is 19.3 Å². The largest absolute Gasteiger partial charge is 0.382 e. The van der Waals surface area contributed by atoms with E-state index in [1.165, 1.54) is 64.2 Å². The predicted molar refractivity (Wildman–Crippen MR) is 95.3 cm³/mol. The molecule has 2 heteroatoms. The molecule has 1 radical (unpaired) electrons. The van der Waals surface area contributed by atoms with E-state index in [0.29, 0.717) is 5.41 Å². The molecule has 133 valence electrons. The van der Waals surface area contributed by atoms with Crippen LogP contribution in [0.25, 0.3) is 0 Å². The molecule has 0 spiro atoms. The molecule has 0 saturated heterocycles. The summed E-state index contributed by atoms with van der Waals surface area (Å²) in [5.41, 5.74) is 0.456. The van der Waals surface area contributed by atoms with Crippen LogP contribution in [0.1, 0.15) is 78.1 Å². The molecule has 0 aliphatic heterocycles. The van der Waals surface area contributed by atoms with Gasteiger partial charge in [-0.25, -0.2) is 0 Å². The first-order chi connectivity index (χ1) is 11.3. The van der Waals surface area contributed by atoms with Gasteiger partial charge in [0.15, 0.2) is 0 Å². The highest BCUT2D eigenvalue weighted by Crippen LogP contribution is 2.65. The van der Waals surface area contributed by atoms with Crippen LogP contribution in [0.3, 0.4) is 0 Å². The summed E-state index contributed by atoms with van der Waals surface area (Å²) < 4.78 is 11.8. The minimum Gasteiger partial charge on any atom is -0.382 e. The zero-order chi connectivity index (χ0) is 16.1. The highest BCUT2D eigenvalue weighted by molar-refractivity contribution is 5.20. The van der Waals surface area contributed by atoms with Gasteiger partial charge in [-0.2, -0.15) is 0 Å². The number of hydrogen-bond donors (Lipinski definition) is 0. The highest BCUT2D eigenvalue weighted by atomic mass is 16.5. The van der Waals surface area contributed by atoms with E-state index < -0.39 is 0 Å². The van der Waals surface area contributed by atoms with Crippen LogP contribution in [-0.2, 0) is 9.47 Å². The quantitative estimate of drug-likeness (QED) is 0.529. The Morgan fingerprint density at radius 2 is 1.65 bits per heavy atom. The normalized spacial score (nSPS) is 33.4. The van der Waals surface area contributed by atoms with Gasteiger partial charge in [0.05, 0.1) is 0 Å². The Morgan fingerprint density at radius 3 is 2.30 bits per heavy atom. The van der Waals surface area contributed by atoms with Crippen LogP contribution < -0.4 is 0 Å². The molecular formula is C21H37O2. The van der Waals surface area contributed by atoms with Gasteiger partial charge in [-0.05, 0) is 87.9 Å². The van der Waals surface area contributed by atoms with Crippen molar-refractivity contribution in [2.45, 2.75) is 78.1 Å². The molecule has 0 aromatic heterocycles. The van der Waals surface area contributed by atoms with E-state index in [-0.39, 0.29) is 0 Å². The van der Waals surface area contributed by atoms with Gasteiger partial charge in [-0.3, -0.25) is 0 Å². The number of ether oxygens (including phenoxy) is 2. The van der Waals surface area contributed by atoms with E-state index in [0.717, 1.165) is 44.2 Å². The molecule has 2 atom stereocenters. The fourth-order valence-corrected chi connectivity index (χ4v) is 5.79. The second kappa shape index (κ2) is 8.34. The zero-order valence-corrected chi connectivity index (χ0v) is 15.4. The van der Waals surface area contributed by atoms with Crippen LogP contribution in [0.5, 0.6) is 0 Å². The van der Waals surface area contributed by atoms with Crippen molar-refractivity contribution in [3.8, 4) is 0 Å². The summed E-state index contributed by atoms with van der Waals surface area (Å²) in [5.74, 6) is 4.57. The minimum atomic E-state index is 0.456. The molecule has 2 unspecified atom stereocenters. The van der Waals surface area contributed by atoms with Crippen molar-refractivity contribution < 1.29 is 9.47 Å². The van der Waals surface area contributed by atoms with Crippen LogP contribution >= 0.6 is 0 Å². The Labute approximate surface area is 143 Å². The average molecular weight is 322 g/mol. The maximum absolute atomic E-state index is 5.97. The summed E-state index contributed by atoms with van der Waals surface area (Å²) in [6.07, 6.45) is 14.2. The predicted octanol–water partition coefficient (Wildman–Crippen LogP) is 5.41.